The minimum absolute atomic E-state index is 0.0271. The van der Waals surface area contributed by atoms with Crippen molar-refractivity contribution in [3.05, 3.63) is 63.2 Å². The Hall–Kier alpha value is -2.87. The van der Waals surface area contributed by atoms with E-state index in [1.807, 2.05) is 13.0 Å². The van der Waals surface area contributed by atoms with Crippen LogP contribution in [0.3, 0.4) is 0 Å². The lowest BCUT2D eigenvalue weighted by Gasteiger charge is -2.09. The quantitative estimate of drug-likeness (QED) is 0.625. The number of hydrogen-bond acceptors (Lipinski definition) is 4. The molecule has 2 aromatic carbocycles. The van der Waals surface area contributed by atoms with Crippen molar-refractivity contribution < 1.29 is 9.66 Å². The predicted octanol–water partition coefficient (Wildman–Crippen LogP) is 3.88. The molecule has 0 saturated carbocycles. The molecule has 0 N–H and O–H groups in total. The molecule has 2 rings (SSSR count). The van der Waals surface area contributed by atoms with Gasteiger partial charge in [-0.2, -0.15) is 5.26 Å². The molecule has 0 fully saturated rings. The van der Waals surface area contributed by atoms with Crippen LogP contribution in [0.4, 0.5) is 5.69 Å². The minimum atomic E-state index is -0.430. The zero-order valence-electron chi connectivity index (χ0n) is 11.1. The molecular formula is C15H12N2O3. The first-order valence-electron chi connectivity index (χ1n) is 5.95. The summed E-state index contributed by atoms with van der Waals surface area (Å²) in [6.45, 7) is 3.52. The second-order valence-electron chi connectivity index (χ2n) is 4.40. The summed E-state index contributed by atoms with van der Waals surface area (Å²) in [5.74, 6) is 0.970. The van der Waals surface area contributed by atoms with Crippen LogP contribution in [0.25, 0.3) is 0 Å². The fourth-order valence-corrected chi connectivity index (χ4v) is 1.85. The highest BCUT2D eigenvalue weighted by Gasteiger charge is 2.14. The normalized spacial score (nSPS) is 9.85. The molecule has 0 unspecified atom stereocenters. The van der Waals surface area contributed by atoms with Gasteiger partial charge in [-0.1, -0.05) is 0 Å². The lowest BCUT2D eigenvalue weighted by molar-refractivity contribution is -0.385. The van der Waals surface area contributed by atoms with Gasteiger partial charge in [0.1, 0.15) is 11.5 Å². The molecule has 20 heavy (non-hydrogen) atoms. The zero-order valence-corrected chi connectivity index (χ0v) is 11.1. The first-order valence-corrected chi connectivity index (χ1v) is 5.95. The number of nitro benzene ring substituents is 1. The van der Waals surface area contributed by atoms with E-state index in [-0.39, 0.29) is 5.69 Å². The highest BCUT2D eigenvalue weighted by atomic mass is 16.6. The van der Waals surface area contributed by atoms with Crippen LogP contribution in [0.1, 0.15) is 16.7 Å². The monoisotopic (exact) mass is 268 g/mol. The molecule has 0 heterocycles. The molecule has 0 atom stereocenters. The number of nitro groups is 1. The van der Waals surface area contributed by atoms with E-state index < -0.39 is 4.92 Å². The van der Waals surface area contributed by atoms with E-state index in [0.29, 0.717) is 22.6 Å². The fourth-order valence-electron chi connectivity index (χ4n) is 1.85. The van der Waals surface area contributed by atoms with Gasteiger partial charge >= 0.3 is 0 Å². The number of ether oxygens (including phenoxy) is 1. The van der Waals surface area contributed by atoms with Crippen LogP contribution in [-0.4, -0.2) is 4.92 Å². The van der Waals surface area contributed by atoms with Crippen molar-refractivity contribution in [2.75, 3.05) is 0 Å². The first kappa shape index (κ1) is 13.6. The van der Waals surface area contributed by atoms with Gasteiger partial charge in [-0.25, -0.2) is 0 Å². The third-order valence-electron chi connectivity index (χ3n) is 2.90. The second kappa shape index (κ2) is 5.41. The van der Waals surface area contributed by atoms with Crippen molar-refractivity contribution >= 4 is 5.69 Å². The van der Waals surface area contributed by atoms with E-state index in [2.05, 4.69) is 0 Å². The Morgan fingerprint density at radius 1 is 1.15 bits per heavy atom. The summed E-state index contributed by atoms with van der Waals surface area (Å²) < 4.78 is 5.64. The summed E-state index contributed by atoms with van der Waals surface area (Å²) in [5, 5.41) is 19.7. The number of benzene rings is 2. The van der Waals surface area contributed by atoms with Crippen LogP contribution in [0, 0.1) is 35.3 Å². The van der Waals surface area contributed by atoms with E-state index in [1.54, 1.807) is 37.3 Å². The molecule has 2 aromatic rings. The van der Waals surface area contributed by atoms with Crippen LogP contribution in [0.5, 0.6) is 11.5 Å². The SMILES string of the molecule is Cc1cc(C)c([N+](=O)[O-])cc1Oc1ccc(C#N)cc1. The molecular weight excluding hydrogens is 256 g/mol. The van der Waals surface area contributed by atoms with Crippen LogP contribution in [0.2, 0.25) is 0 Å². The van der Waals surface area contributed by atoms with Crippen molar-refractivity contribution in [1.82, 2.24) is 0 Å². The van der Waals surface area contributed by atoms with E-state index >= 15 is 0 Å². The Balaban J connectivity index is 2.35. The molecule has 5 heteroatoms. The van der Waals surface area contributed by atoms with Crippen LogP contribution in [0.15, 0.2) is 36.4 Å². The van der Waals surface area contributed by atoms with Crippen molar-refractivity contribution in [2.24, 2.45) is 0 Å². The van der Waals surface area contributed by atoms with Gasteiger partial charge in [0.15, 0.2) is 0 Å². The number of aryl methyl sites for hydroxylation is 2. The van der Waals surface area contributed by atoms with Gasteiger partial charge in [0.25, 0.3) is 5.69 Å². The molecule has 0 bridgehead atoms. The molecule has 0 radical (unpaired) electrons. The molecule has 0 aliphatic heterocycles. The van der Waals surface area contributed by atoms with Crippen molar-refractivity contribution in [1.29, 1.82) is 5.26 Å². The Bertz CT molecular complexity index is 700. The molecule has 5 nitrogen and oxygen atoms in total. The molecule has 0 spiro atoms. The molecule has 100 valence electrons. The smallest absolute Gasteiger partial charge is 0.276 e. The largest absolute Gasteiger partial charge is 0.457 e. The fraction of sp³-hybridized carbons (Fsp3) is 0.133. The van der Waals surface area contributed by atoms with Gasteiger partial charge in [0.05, 0.1) is 22.6 Å². The Morgan fingerprint density at radius 3 is 2.35 bits per heavy atom. The topological polar surface area (TPSA) is 76.2 Å². The summed E-state index contributed by atoms with van der Waals surface area (Å²) in [4.78, 5) is 10.5. The summed E-state index contributed by atoms with van der Waals surface area (Å²) in [7, 11) is 0. The Morgan fingerprint density at radius 2 is 1.80 bits per heavy atom. The number of nitriles is 1. The number of hydrogen-bond donors (Lipinski definition) is 0. The highest BCUT2D eigenvalue weighted by molar-refractivity contribution is 5.51. The summed E-state index contributed by atoms with van der Waals surface area (Å²) >= 11 is 0. The first-order chi connectivity index (χ1) is 9.51. The average molecular weight is 268 g/mol. The van der Waals surface area contributed by atoms with E-state index in [9.17, 15) is 10.1 Å². The Labute approximate surface area is 116 Å². The Kier molecular flexibility index (Phi) is 3.67. The van der Waals surface area contributed by atoms with Gasteiger partial charge in [0, 0.05) is 5.56 Å². The summed E-state index contributed by atoms with van der Waals surface area (Å²) in [6, 6.07) is 11.7. The molecule has 0 amide bonds. The maximum absolute atomic E-state index is 10.9. The molecule has 0 aliphatic carbocycles. The third kappa shape index (κ3) is 2.75. The maximum Gasteiger partial charge on any atom is 0.276 e. The lowest BCUT2D eigenvalue weighted by atomic mass is 10.1. The van der Waals surface area contributed by atoms with E-state index in [1.165, 1.54) is 6.07 Å². The van der Waals surface area contributed by atoms with E-state index in [0.717, 1.165) is 5.56 Å². The zero-order chi connectivity index (χ0) is 14.7. The molecule has 0 aliphatic rings. The van der Waals surface area contributed by atoms with Gasteiger partial charge in [-0.05, 0) is 49.7 Å². The van der Waals surface area contributed by atoms with Gasteiger partial charge in [0.2, 0.25) is 0 Å². The van der Waals surface area contributed by atoms with Crippen molar-refractivity contribution in [3.63, 3.8) is 0 Å². The minimum Gasteiger partial charge on any atom is -0.457 e. The average Bonchev–Trinajstić information content (AvgIpc) is 2.42. The lowest BCUT2D eigenvalue weighted by Crippen LogP contribution is -1.95. The van der Waals surface area contributed by atoms with Crippen molar-refractivity contribution in [3.8, 4) is 17.6 Å². The van der Waals surface area contributed by atoms with Crippen LogP contribution >= 0.6 is 0 Å². The molecule has 0 aromatic heterocycles. The molecule has 0 saturated heterocycles. The van der Waals surface area contributed by atoms with Crippen LogP contribution < -0.4 is 4.74 Å². The number of nitrogens with zero attached hydrogens (tertiary/aromatic N) is 2. The predicted molar refractivity (Wildman–Crippen MR) is 73.8 cm³/mol. The van der Waals surface area contributed by atoms with Gasteiger partial charge < -0.3 is 4.74 Å². The number of rotatable bonds is 3. The summed E-state index contributed by atoms with van der Waals surface area (Å²) in [5.41, 5.74) is 1.97. The second-order valence-corrected chi connectivity index (χ2v) is 4.40. The third-order valence-corrected chi connectivity index (χ3v) is 2.90. The van der Waals surface area contributed by atoms with Gasteiger partial charge in [-0.3, -0.25) is 10.1 Å². The standard InChI is InChI=1S/C15H12N2O3/c1-10-7-11(2)15(8-14(10)17(18)19)20-13-5-3-12(9-16)4-6-13/h3-8H,1-2H3. The van der Waals surface area contributed by atoms with E-state index in [4.69, 9.17) is 10.00 Å². The maximum atomic E-state index is 10.9. The van der Waals surface area contributed by atoms with Crippen molar-refractivity contribution in [2.45, 2.75) is 13.8 Å². The van der Waals surface area contributed by atoms with Gasteiger partial charge in [-0.15, -0.1) is 0 Å². The van der Waals surface area contributed by atoms with Crippen LogP contribution in [-0.2, 0) is 0 Å². The summed E-state index contributed by atoms with van der Waals surface area (Å²) in [6.07, 6.45) is 0. The highest BCUT2D eigenvalue weighted by Crippen LogP contribution is 2.31.